The van der Waals surface area contributed by atoms with Crippen molar-refractivity contribution in [2.24, 2.45) is 5.92 Å². The van der Waals surface area contributed by atoms with Gasteiger partial charge in [-0.1, -0.05) is 38.5 Å². The summed E-state index contributed by atoms with van der Waals surface area (Å²) in [5, 5.41) is 14.4. The Bertz CT molecular complexity index is 423. The lowest BCUT2D eigenvalue weighted by Crippen LogP contribution is -2.52. The molecule has 3 heteroatoms. The number of benzene rings is 1. The zero-order valence-electron chi connectivity index (χ0n) is 11.8. The minimum Gasteiger partial charge on any atom is -0.383 e. The highest BCUT2D eigenvalue weighted by atomic mass is 19.1. The van der Waals surface area contributed by atoms with Crippen molar-refractivity contribution in [3.8, 4) is 0 Å². The largest absolute Gasteiger partial charge is 0.383 e. The van der Waals surface area contributed by atoms with E-state index in [1.165, 1.54) is 6.07 Å². The van der Waals surface area contributed by atoms with E-state index in [-0.39, 0.29) is 11.9 Å². The molecular weight excluding hydrogens is 241 g/mol. The maximum Gasteiger partial charge on any atom is 0.129 e. The normalized spacial score (nSPS) is 26.9. The van der Waals surface area contributed by atoms with E-state index in [0.717, 1.165) is 25.8 Å². The SMILES string of the molecule is CCC1CCNC(C(O)(CC)c2ccccc2F)C1. The molecule has 0 aliphatic carbocycles. The third-order valence-corrected chi connectivity index (χ3v) is 4.55. The zero-order chi connectivity index (χ0) is 13.9. The number of nitrogens with one attached hydrogen (secondary N) is 1. The van der Waals surface area contributed by atoms with Crippen LogP contribution in [0.25, 0.3) is 0 Å². The summed E-state index contributed by atoms with van der Waals surface area (Å²) in [5.74, 6) is 0.309. The molecule has 3 atom stereocenters. The minimum atomic E-state index is -1.11. The summed E-state index contributed by atoms with van der Waals surface area (Å²) in [6.07, 6.45) is 3.69. The maximum absolute atomic E-state index is 14.0. The van der Waals surface area contributed by atoms with Crippen LogP contribution in [0.4, 0.5) is 4.39 Å². The van der Waals surface area contributed by atoms with Gasteiger partial charge in [-0.15, -0.1) is 0 Å². The molecule has 1 saturated heterocycles. The third-order valence-electron chi connectivity index (χ3n) is 4.55. The quantitative estimate of drug-likeness (QED) is 0.876. The molecule has 3 unspecified atom stereocenters. The molecule has 1 fully saturated rings. The predicted molar refractivity (Wildman–Crippen MR) is 75.4 cm³/mol. The standard InChI is InChI=1S/C16H24FNO/c1-3-12-9-10-18-15(11-12)16(19,4-2)13-7-5-6-8-14(13)17/h5-8,12,15,18-19H,3-4,9-11H2,1-2H3. The van der Waals surface area contributed by atoms with Crippen molar-refractivity contribution in [3.05, 3.63) is 35.6 Å². The van der Waals surface area contributed by atoms with E-state index in [2.05, 4.69) is 12.2 Å². The van der Waals surface area contributed by atoms with E-state index in [1.54, 1.807) is 18.2 Å². The van der Waals surface area contributed by atoms with Crippen molar-refractivity contribution in [1.82, 2.24) is 5.32 Å². The molecule has 0 aromatic heterocycles. The average molecular weight is 265 g/mol. The fraction of sp³-hybridized carbons (Fsp3) is 0.625. The number of aliphatic hydroxyl groups is 1. The summed E-state index contributed by atoms with van der Waals surface area (Å²) in [7, 11) is 0. The molecule has 1 aliphatic rings. The number of piperidine rings is 1. The van der Waals surface area contributed by atoms with Crippen LogP contribution < -0.4 is 5.32 Å². The molecule has 1 aliphatic heterocycles. The van der Waals surface area contributed by atoms with E-state index >= 15 is 0 Å². The fourth-order valence-corrected chi connectivity index (χ4v) is 3.17. The first-order valence-electron chi connectivity index (χ1n) is 7.32. The van der Waals surface area contributed by atoms with Crippen LogP contribution in [0.5, 0.6) is 0 Å². The van der Waals surface area contributed by atoms with Crippen molar-refractivity contribution in [2.75, 3.05) is 6.54 Å². The predicted octanol–water partition coefficient (Wildman–Crippen LogP) is 3.20. The number of hydrogen-bond donors (Lipinski definition) is 2. The molecule has 0 amide bonds. The number of rotatable bonds is 4. The molecule has 2 rings (SSSR count). The van der Waals surface area contributed by atoms with E-state index in [9.17, 15) is 9.50 Å². The molecular formula is C16H24FNO. The molecule has 19 heavy (non-hydrogen) atoms. The first-order valence-corrected chi connectivity index (χ1v) is 7.32. The topological polar surface area (TPSA) is 32.3 Å². The van der Waals surface area contributed by atoms with Gasteiger partial charge in [-0.2, -0.15) is 0 Å². The fourth-order valence-electron chi connectivity index (χ4n) is 3.17. The van der Waals surface area contributed by atoms with Gasteiger partial charge in [-0.25, -0.2) is 4.39 Å². The van der Waals surface area contributed by atoms with Crippen LogP contribution in [0.3, 0.4) is 0 Å². The summed E-state index contributed by atoms with van der Waals surface area (Å²) >= 11 is 0. The van der Waals surface area contributed by atoms with Gasteiger partial charge in [0, 0.05) is 11.6 Å². The van der Waals surface area contributed by atoms with Gasteiger partial charge in [0.1, 0.15) is 11.4 Å². The van der Waals surface area contributed by atoms with Gasteiger partial charge in [0.05, 0.1) is 0 Å². The maximum atomic E-state index is 14.0. The van der Waals surface area contributed by atoms with Crippen molar-refractivity contribution >= 4 is 0 Å². The highest BCUT2D eigenvalue weighted by Crippen LogP contribution is 2.36. The zero-order valence-corrected chi connectivity index (χ0v) is 11.8. The summed E-state index contributed by atoms with van der Waals surface area (Å²) < 4.78 is 14.0. The molecule has 1 heterocycles. The Hall–Kier alpha value is -0.930. The summed E-state index contributed by atoms with van der Waals surface area (Å²) in [6, 6.07) is 6.52. The Balaban J connectivity index is 2.29. The first kappa shape index (κ1) is 14.5. The van der Waals surface area contributed by atoms with Crippen LogP contribution >= 0.6 is 0 Å². The second-order valence-corrected chi connectivity index (χ2v) is 5.56. The molecule has 0 saturated carbocycles. The van der Waals surface area contributed by atoms with Gasteiger partial charge in [0.15, 0.2) is 0 Å². The van der Waals surface area contributed by atoms with E-state index < -0.39 is 5.60 Å². The van der Waals surface area contributed by atoms with Crippen molar-refractivity contribution in [3.63, 3.8) is 0 Å². The van der Waals surface area contributed by atoms with Crippen LogP contribution in [-0.4, -0.2) is 17.7 Å². The molecule has 0 bridgehead atoms. The second kappa shape index (κ2) is 6.02. The van der Waals surface area contributed by atoms with Crippen LogP contribution in [0.2, 0.25) is 0 Å². The molecule has 0 spiro atoms. The van der Waals surface area contributed by atoms with E-state index in [0.29, 0.717) is 17.9 Å². The van der Waals surface area contributed by atoms with Gasteiger partial charge in [-0.05, 0) is 37.8 Å². The Morgan fingerprint density at radius 2 is 2.11 bits per heavy atom. The average Bonchev–Trinajstić information content (AvgIpc) is 2.47. The molecule has 106 valence electrons. The minimum absolute atomic E-state index is 0.0619. The van der Waals surface area contributed by atoms with Crippen molar-refractivity contribution in [1.29, 1.82) is 0 Å². The molecule has 1 aromatic rings. The first-order chi connectivity index (χ1) is 9.11. The number of hydrogen-bond acceptors (Lipinski definition) is 2. The highest BCUT2D eigenvalue weighted by Gasteiger charge is 2.40. The van der Waals surface area contributed by atoms with Gasteiger partial charge in [0.25, 0.3) is 0 Å². The van der Waals surface area contributed by atoms with Crippen LogP contribution in [0, 0.1) is 11.7 Å². The lowest BCUT2D eigenvalue weighted by molar-refractivity contribution is -0.0263. The van der Waals surface area contributed by atoms with Gasteiger partial charge < -0.3 is 10.4 Å². The van der Waals surface area contributed by atoms with Crippen LogP contribution in [-0.2, 0) is 5.60 Å². The summed E-state index contributed by atoms with van der Waals surface area (Å²) in [5.41, 5.74) is -0.689. The summed E-state index contributed by atoms with van der Waals surface area (Å²) in [4.78, 5) is 0. The second-order valence-electron chi connectivity index (χ2n) is 5.56. The summed E-state index contributed by atoms with van der Waals surface area (Å²) in [6.45, 7) is 5.00. The lowest BCUT2D eigenvalue weighted by atomic mass is 9.76. The van der Waals surface area contributed by atoms with Crippen molar-refractivity contribution < 1.29 is 9.50 Å². The van der Waals surface area contributed by atoms with Crippen molar-refractivity contribution in [2.45, 2.75) is 51.2 Å². The van der Waals surface area contributed by atoms with E-state index in [4.69, 9.17) is 0 Å². The molecule has 2 nitrogen and oxygen atoms in total. The molecule has 0 radical (unpaired) electrons. The Morgan fingerprint density at radius 1 is 1.37 bits per heavy atom. The van der Waals surface area contributed by atoms with E-state index in [1.807, 2.05) is 6.92 Å². The van der Waals surface area contributed by atoms with Gasteiger partial charge in [0.2, 0.25) is 0 Å². The molecule has 2 N–H and O–H groups in total. The van der Waals surface area contributed by atoms with Gasteiger partial charge >= 0.3 is 0 Å². The Morgan fingerprint density at radius 3 is 2.74 bits per heavy atom. The Labute approximate surface area is 115 Å². The lowest BCUT2D eigenvalue weighted by Gasteiger charge is -2.41. The highest BCUT2D eigenvalue weighted by molar-refractivity contribution is 5.26. The third kappa shape index (κ3) is 2.82. The monoisotopic (exact) mass is 265 g/mol. The van der Waals surface area contributed by atoms with Gasteiger partial charge in [-0.3, -0.25) is 0 Å². The Kier molecular flexibility index (Phi) is 4.58. The van der Waals surface area contributed by atoms with Crippen LogP contribution in [0.15, 0.2) is 24.3 Å². The smallest absolute Gasteiger partial charge is 0.129 e. The number of halogens is 1. The van der Waals surface area contributed by atoms with Crippen LogP contribution in [0.1, 0.15) is 45.1 Å². The molecule has 1 aromatic carbocycles.